The van der Waals surface area contributed by atoms with E-state index in [1.165, 1.54) is 11.0 Å². The van der Waals surface area contributed by atoms with Crippen molar-refractivity contribution in [1.82, 2.24) is 35.2 Å². The van der Waals surface area contributed by atoms with Crippen molar-refractivity contribution in [3.8, 4) is 11.8 Å². The fourth-order valence-corrected chi connectivity index (χ4v) is 8.83. The molecule has 4 N–H and O–H groups in total. The number of imide groups is 1. The van der Waals surface area contributed by atoms with Gasteiger partial charge in [-0.2, -0.15) is 4.98 Å². The highest BCUT2D eigenvalue weighted by Crippen LogP contribution is 2.41. The normalized spacial score (nSPS) is 20.8. The second-order valence-electron chi connectivity index (χ2n) is 15.7. The van der Waals surface area contributed by atoms with Gasteiger partial charge in [-0.05, 0) is 55.7 Å². The predicted molar refractivity (Wildman–Crippen MR) is 220 cm³/mol. The number of nitrogens with zero attached hydrogens (tertiary/aromatic N) is 9. The molecule has 60 heavy (non-hydrogen) atoms. The highest BCUT2D eigenvalue weighted by atomic mass is 19.1. The lowest BCUT2D eigenvalue weighted by atomic mass is 10.0. The van der Waals surface area contributed by atoms with Crippen molar-refractivity contribution < 1.29 is 28.4 Å². The molecule has 2 atom stereocenters. The van der Waals surface area contributed by atoms with Gasteiger partial charge in [-0.15, -0.1) is 10.2 Å². The third-order valence-corrected chi connectivity index (χ3v) is 12.0. The van der Waals surface area contributed by atoms with Crippen LogP contribution in [0.2, 0.25) is 0 Å². The number of carbonyl (C=O) groups is 5. The van der Waals surface area contributed by atoms with Crippen molar-refractivity contribution >= 4 is 69.3 Å². The second-order valence-corrected chi connectivity index (χ2v) is 15.7. The molecule has 0 radical (unpaired) electrons. The first-order valence-electron chi connectivity index (χ1n) is 20.1. The van der Waals surface area contributed by atoms with Crippen molar-refractivity contribution in [3.63, 3.8) is 0 Å². The molecule has 9 rings (SSSR count). The Hall–Kier alpha value is -6.87. The number of urea groups is 1. The van der Waals surface area contributed by atoms with Gasteiger partial charge in [0.25, 0.3) is 11.8 Å². The molecule has 4 saturated heterocycles. The molecule has 0 saturated carbocycles. The molecule has 0 aliphatic carbocycles. The van der Waals surface area contributed by atoms with Gasteiger partial charge >= 0.3 is 6.03 Å². The number of hydrogen-bond acceptors (Lipinski definition) is 12. The van der Waals surface area contributed by atoms with E-state index in [-0.39, 0.29) is 54.2 Å². The third kappa shape index (κ3) is 7.14. The van der Waals surface area contributed by atoms with E-state index in [1.54, 1.807) is 30.1 Å². The van der Waals surface area contributed by atoms with Crippen LogP contribution < -0.4 is 31.1 Å². The quantitative estimate of drug-likeness (QED) is 0.174. The molecule has 2 unspecified atom stereocenters. The Morgan fingerprint density at radius 1 is 0.950 bits per heavy atom. The minimum Gasteiger partial charge on any atom is -0.367 e. The number of piperazine rings is 1. The van der Waals surface area contributed by atoms with Gasteiger partial charge in [-0.25, -0.2) is 9.18 Å². The Balaban J connectivity index is 0.833. The summed E-state index contributed by atoms with van der Waals surface area (Å²) in [6.07, 6.45) is 2.12. The summed E-state index contributed by atoms with van der Waals surface area (Å²) in [7, 11) is 1.79. The fraction of sp³-hybridized carbons (Fsp3) is 0.381. The summed E-state index contributed by atoms with van der Waals surface area (Å²) in [6.45, 7) is 5.46. The van der Waals surface area contributed by atoms with Crippen LogP contribution in [0.5, 0.6) is 0 Å². The zero-order valence-corrected chi connectivity index (χ0v) is 33.0. The van der Waals surface area contributed by atoms with Crippen LogP contribution in [-0.2, 0) is 9.59 Å². The number of amides is 6. The lowest BCUT2D eigenvalue weighted by Crippen LogP contribution is -2.53. The van der Waals surface area contributed by atoms with Crippen molar-refractivity contribution in [2.45, 2.75) is 37.8 Å². The Labute approximate surface area is 344 Å². The van der Waals surface area contributed by atoms with Gasteiger partial charge in [0.05, 0.1) is 24.0 Å². The second kappa shape index (κ2) is 15.7. The zero-order chi connectivity index (χ0) is 41.7. The molecular weight excluding hydrogens is 772 g/mol. The molecule has 0 bridgehead atoms. The Morgan fingerprint density at radius 3 is 2.52 bits per heavy atom. The summed E-state index contributed by atoms with van der Waals surface area (Å²) in [4.78, 5) is 78.7. The lowest BCUT2D eigenvalue weighted by Gasteiger charge is -2.37. The van der Waals surface area contributed by atoms with E-state index in [4.69, 9.17) is 5.73 Å². The number of halogens is 1. The molecular formula is C42H43FN12O5. The predicted octanol–water partition coefficient (Wildman–Crippen LogP) is 2.28. The Kier molecular flexibility index (Phi) is 10.1. The fourth-order valence-electron chi connectivity index (χ4n) is 8.83. The first-order chi connectivity index (χ1) is 29.0. The first kappa shape index (κ1) is 38.6. The minimum atomic E-state index is -0.828. The lowest BCUT2D eigenvalue weighted by molar-refractivity contribution is -0.134. The standard InChI is InChI=1S/C42H43FN12O5/c1-50-17-22-54(42(50)60)27-6-4-16-53(24-27)41-47-38(36(37(44)57)48-49-41)45-26-10-12-31(30(43)23-26)52-20-18-51(19-21-52)15-3-5-25-9-11-32-35-28(25)7-2-8-29(35)40(59)55(32)33-13-14-34(56)46-39(33)58/h2,7-12,23,27,33H,4,6,13-22,24H2,1H3,(H2,44,57)(H,45,47,49)(H,46,56,58). The summed E-state index contributed by atoms with van der Waals surface area (Å²) in [5.74, 6) is 4.56. The van der Waals surface area contributed by atoms with Gasteiger partial charge in [0.2, 0.25) is 17.8 Å². The van der Waals surface area contributed by atoms with Crippen LogP contribution in [-0.4, -0.2) is 138 Å². The van der Waals surface area contributed by atoms with E-state index in [1.807, 2.05) is 39.0 Å². The SMILES string of the molecule is CN1CCN(C2CCCN(c3nnc(C(N)=O)c(Nc4ccc(N5CCN(CC#Cc6ccc7c8c(cccc68)C(=O)N7C6CCC(=O)NC6=O)CC5)c(F)c4)n3)C2)C1=O. The molecule has 6 heterocycles. The van der Waals surface area contributed by atoms with Crippen LogP contribution in [0.15, 0.2) is 48.5 Å². The van der Waals surface area contributed by atoms with Crippen molar-refractivity contribution in [2.75, 3.05) is 86.0 Å². The molecule has 5 aliphatic rings. The van der Waals surface area contributed by atoms with E-state index in [9.17, 15) is 24.0 Å². The van der Waals surface area contributed by atoms with Gasteiger partial charge in [0.1, 0.15) is 11.9 Å². The minimum absolute atomic E-state index is 0.00000717. The first-order valence-corrected chi connectivity index (χ1v) is 20.1. The monoisotopic (exact) mass is 814 g/mol. The molecule has 0 spiro atoms. The zero-order valence-electron chi connectivity index (χ0n) is 33.0. The number of benzene rings is 3. The van der Waals surface area contributed by atoms with Crippen molar-refractivity contribution in [1.29, 1.82) is 0 Å². The van der Waals surface area contributed by atoms with E-state index in [2.05, 4.69) is 42.6 Å². The topological polar surface area (TPSA) is 194 Å². The van der Waals surface area contributed by atoms with Crippen LogP contribution in [0, 0.1) is 17.7 Å². The number of nitrogens with one attached hydrogen (secondary N) is 2. The van der Waals surface area contributed by atoms with E-state index < -0.39 is 23.7 Å². The highest BCUT2D eigenvalue weighted by Gasteiger charge is 2.41. The smallest absolute Gasteiger partial charge is 0.320 e. The number of aromatic nitrogens is 3. The number of primary amides is 1. The molecule has 3 aromatic carbocycles. The van der Waals surface area contributed by atoms with Crippen LogP contribution in [0.1, 0.15) is 52.1 Å². The number of anilines is 5. The number of rotatable bonds is 8. The number of carbonyl (C=O) groups excluding carboxylic acids is 5. The maximum absolute atomic E-state index is 15.7. The van der Waals surface area contributed by atoms with E-state index >= 15 is 4.39 Å². The van der Waals surface area contributed by atoms with Crippen molar-refractivity contribution in [3.05, 3.63) is 71.2 Å². The van der Waals surface area contributed by atoms with Gasteiger partial charge in [-0.1, -0.05) is 24.0 Å². The highest BCUT2D eigenvalue weighted by molar-refractivity contribution is 6.27. The number of piperidine rings is 2. The summed E-state index contributed by atoms with van der Waals surface area (Å²) in [5.41, 5.74) is 8.16. The summed E-state index contributed by atoms with van der Waals surface area (Å²) in [5, 5.41) is 15.2. The Bertz CT molecular complexity index is 2520. The average Bonchev–Trinajstić information content (AvgIpc) is 3.73. The third-order valence-electron chi connectivity index (χ3n) is 12.0. The number of likely N-dealkylation sites (N-methyl/N-ethyl adjacent to an activating group) is 1. The summed E-state index contributed by atoms with van der Waals surface area (Å²) < 4.78 is 15.7. The Morgan fingerprint density at radius 2 is 1.77 bits per heavy atom. The molecule has 4 aromatic rings. The van der Waals surface area contributed by atoms with E-state index in [0.29, 0.717) is 81.5 Å². The van der Waals surface area contributed by atoms with E-state index in [0.717, 1.165) is 29.2 Å². The number of hydrogen-bond donors (Lipinski definition) is 3. The van der Waals surface area contributed by atoms with Gasteiger partial charge in [-0.3, -0.25) is 34.3 Å². The largest absolute Gasteiger partial charge is 0.367 e. The molecule has 6 amide bonds. The molecule has 17 nitrogen and oxygen atoms in total. The summed E-state index contributed by atoms with van der Waals surface area (Å²) >= 11 is 0. The van der Waals surface area contributed by atoms with Crippen molar-refractivity contribution in [2.24, 2.45) is 5.73 Å². The molecule has 18 heteroatoms. The van der Waals surface area contributed by atoms with Gasteiger partial charge < -0.3 is 30.7 Å². The maximum atomic E-state index is 15.7. The van der Waals surface area contributed by atoms with Crippen LogP contribution in [0.25, 0.3) is 10.8 Å². The molecule has 5 aliphatic heterocycles. The van der Waals surface area contributed by atoms with Gasteiger partial charge in [0.15, 0.2) is 11.5 Å². The molecule has 1 aromatic heterocycles. The van der Waals surface area contributed by atoms with Crippen LogP contribution in [0.3, 0.4) is 0 Å². The molecule has 4 fully saturated rings. The summed E-state index contributed by atoms with van der Waals surface area (Å²) in [6, 6.07) is 13.2. The number of nitrogens with two attached hydrogens (primary N) is 1. The molecule has 308 valence electrons. The average molecular weight is 815 g/mol. The van der Waals surface area contributed by atoms with Crippen LogP contribution >= 0.6 is 0 Å². The maximum Gasteiger partial charge on any atom is 0.320 e. The van der Waals surface area contributed by atoms with Gasteiger partial charge in [0, 0.05) is 93.4 Å². The van der Waals surface area contributed by atoms with Crippen LogP contribution in [0.4, 0.5) is 38.0 Å².